The fourth-order valence-corrected chi connectivity index (χ4v) is 3.90. The molecular formula is C18H22N3OS+. The third-order valence-corrected chi connectivity index (χ3v) is 5.06. The number of nitrogens with two attached hydrogens (primary N) is 1. The van der Waals surface area contributed by atoms with Crippen LogP contribution < -0.4 is 10.6 Å². The number of aryl methyl sites for hydroxylation is 2. The Morgan fingerprint density at radius 1 is 1.30 bits per heavy atom. The van der Waals surface area contributed by atoms with Crippen LogP contribution in [-0.4, -0.2) is 17.0 Å². The van der Waals surface area contributed by atoms with Crippen LogP contribution in [0.1, 0.15) is 32.7 Å². The van der Waals surface area contributed by atoms with E-state index in [1.807, 2.05) is 24.5 Å². The molecule has 1 aromatic carbocycles. The molecule has 1 aliphatic heterocycles. The summed E-state index contributed by atoms with van der Waals surface area (Å²) in [6.07, 6.45) is 1.08. The lowest BCUT2D eigenvalue weighted by molar-refractivity contribution is -0.938. The molecule has 1 aliphatic rings. The number of benzene rings is 1. The molecule has 0 saturated carbocycles. The smallest absolute Gasteiger partial charge is 0.251 e. The van der Waals surface area contributed by atoms with Crippen LogP contribution in [0.3, 0.4) is 0 Å². The third-order valence-electron chi connectivity index (χ3n) is 4.64. The summed E-state index contributed by atoms with van der Waals surface area (Å²) in [7, 11) is 0. The van der Waals surface area contributed by atoms with E-state index in [0.717, 1.165) is 37.4 Å². The van der Waals surface area contributed by atoms with Crippen molar-refractivity contribution < 1.29 is 9.69 Å². The van der Waals surface area contributed by atoms with Crippen molar-refractivity contribution in [2.45, 2.75) is 33.5 Å². The lowest BCUT2D eigenvalue weighted by atomic mass is 10.0. The number of aromatic nitrogens is 1. The minimum atomic E-state index is -0.444. The van der Waals surface area contributed by atoms with Gasteiger partial charge in [0.2, 0.25) is 0 Å². The Balaban J connectivity index is 1.91. The van der Waals surface area contributed by atoms with Gasteiger partial charge in [-0.25, -0.2) is 0 Å². The summed E-state index contributed by atoms with van der Waals surface area (Å²) in [4.78, 5) is 13.1. The van der Waals surface area contributed by atoms with Crippen LogP contribution >= 0.6 is 12.2 Å². The third kappa shape index (κ3) is 3.07. The topological polar surface area (TPSA) is 52.5 Å². The van der Waals surface area contributed by atoms with Crippen molar-refractivity contribution in [3.05, 3.63) is 62.9 Å². The summed E-state index contributed by atoms with van der Waals surface area (Å²) >= 11 is 5.54. The molecule has 120 valence electrons. The standard InChI is InChI=1S/C18H21N3OS/c1-12-9-13(2)21(18(23)16(12)17(19)22)11-20-8-7-14-5-3-4-6-15(14)10-20/h3-6,9H,7-8,10-11H2,1-2H3,(H2,19,22)/p+1. The molecule has 4 nitrogen and oxygen atoms in total. The van der Waals surface area contributed by atoms with Gasteiger partial charge >= 0.3 is 0 Å². The number of amides is 1. The molecule has 2 heterocycles. The minimum absolute atomic E-state index is 0.444. The second-order valence-electron chi connectivity index (χ2n) is 6.29. The molecule has 1 amide bonds. The van der Waals surface area contributed by atoms with Gasteiger partial charge in [0, 0.05) is 17.7 Å². The van der Waals surface area contributed by atoms with Gasteiger partial charge < -0.3 is 10.6 Å². The van der Waals surface area contributed by atoms with Crippen molar-refractivity contribution in [3.63, 3.8) is 0 Å². The first-order chi connectivity index (χ1) is 11.0. The molecule has 3 rings (SSSR count). The fourth-order valence-electron chi connectivity index (χ4n) is 3.43. The number of fused-ring (bicyclic) bond motifs is 1. The first-order valence-corrected chi connectivity index (χ1v) is 8.29. The molecule has 0 bridgehead atoms. The predicted octanol–water partition coefficient (Wildman–Crippen LogP) is 1.53. The molecule has 0 aliphatic carbocycles. The van der Waals surface area contributed by atoms with Crippen LogP contribution in [0.5, 0.6) is 0 Å². The maximum absolute atomic E-state index is 11.7. The molecule has 0 radical (unpaired) electrons. The monoisotopic (exact) mass is 328 g/mol. The van der Waals surface area contributed by atoms with Gasteiger partial charge in [0.25, 0.3) is 5.91 Å². The molecule has 2 aromatic rings. The maximum atomic E-state index is 11.7. The first-order valence-electron chi connectivity index (χ1n) is 7.88. The second-order valence-corrected chi connectivity index (χ2v) is 6.68. The van der Waals surface area contributed by atoms with Crippen molar-refractivity contribution in [1.29, 1.82) is 0 Å². The number of carbonyl (C=O) groups excluding carboxylic acids is 1. The number of primary amides is 1. The highest BCUT2D eigenvalue weighted by Crippen LogP contribution is 2.14. The Labute approximate surface area is 141 Å². The Bertz CT molecular complexity index is 826. The summed E-state index contributed by atoms with van der Waals surface area (Å²) in [6.45, 7) is 6.73. The van der Waals surface area contributed by atoms with Crippen LogP contribution in [0.15, 0.2) is 30.3 Å². The zero-order chi connectivity index (χ0) is 16.6. The van der Waals surface area contributed by atoms with Gasteiger partial charge in [0.15, 0.2) is 6.67 Å². The van der Waals surface area contributed by atoms with Crippen molar-refractivity contribution in [3.8, 4) is 0 Å². The second kappa shape index (κ2) is 6.26. The molecule has 3 N–H and O–H groups in total. The summed E-state index contributed by atoms with van der Waals surface area (Å²) in [5, 5.41) is 0. The van der Waals surface area contributed by atoms with Crippen LogP contribution in [-0.2, 0) is 19.6 Å². The van der Waals surface area contributed by atoms with E-state index in [0.29, 0.717) is 10.2 Å². The molecule has 0 saturated heterocycles. The van der Waals surface area contributed by atoms with Gasteiger partial charge in [-0.3, -0.25) is 9.36 Å². The van der Waals surface area contributed by atoms with Gasteiger partial charge in [-0.1, -0.05) is 36.5 Å². The Kier molecular flexibility index (Phi) is 4.33. The van der Waals surface area contributed by atoms with Gasteiger partial charge in [-0.05, 0) is 31.0 Å². The average Bonchev–Trinajstić information content (AvgIpc) is 2.50. The van der Waals surface area contributed by atoms with E-state index in [-0.39, 0.29) is 0 Å². The van der Waals surface area contributed by atoms with E-state index >= 15 is 0 Å². The minimum Gasteiger partial charge on any atom is -0.365 e. The molecule has 1 unspecified atom stereocenters. The van der Waals surface area contributed by atoms with E-state index in [2.05, 4.69) is 24.3 Å². The molecule has 23 heavy (non-hydrogen) atoms. The normalized spacial score (nSPS) is 16.9. The molecular weight excluding hydrogens is 306 g/mol. The van der Waals surface area contributed by atoms with E-state index < -0.39 is 5.91 Å². The number of nitrogens with one attached hydrogen (secondary N) is 1. The van der Waals surface area contributed by atoms with E-state index in [1.165, 1.54) is 16.0 Å². The summed E-state index contributed by atoms with van der Waals surface area (Å²) in [5.41, 5.74) is 10.8. The number of carbonyl (C=O) groups is 1. The van der Waals surface area contributed by atoms with Crippen molar-refractivity contribution in [1.82, 2.24) is 4.57 Å². The lowest BCUT2D eigenvalue weighted by Gasteiger charge is -2.27. The van der Waals surface area contributed by atoms with Crippen molar-refractivity contribution in [2.75, 3.05) is 6.54 Å². The van der Waals surface area contributed by atoms with E-state index in [9.17, 15) is 4.79 Å². The Morgan fingerprint density at radius 3 is 2.70 bits per heavy atom. The summed E-state index contributed by atoms with van der Waals surface area (Å²) in [5.74, 6) is -0.444. The van der Waals surface area contributed by atoms with Gasteiger partial charge in [0.05, 0.1) is 12.1 Å². The number of quaternary nitrogens is 1. The highest BCUT2D eigenvalue weighted by molar-refractivity contribution is 7.71. The number of hydrogen-bond donors (Lipinski definition) is 2. The number of nitrogens with zero attached hydrogens (tertiary/aromatic N) is 1. The largest absolute Gasteiger partial charge is 0.365 e. The van der Waals surface area contributed by atoms with Crippen LogP contribution in [0.2, 0.25) is 0 Å². The highest BCUT2D eigenvalue weighted by Gasteiger charge is 2.21. The average molecular weight is 328 g/mol. The quantitative estimate of drug-likeness (QED) is 0.840. The van der Waals surface area contributed by atoms with Crippen LogP contribution in [0.25, 0.3) is 0 Å². The fraction of sp³-hybridized carbons (Fsp3) is 0.333. The zero-order valence-corrected chi connectivity index (χ0v) is 14.4. The molecule has 5 heteroatoms. The van der Waals surface area contributed by atoms with Gasteiger partial charge in [-0.15, -0.1) is 0 Å². The summed E-state index contributed by atoms with van der Waals surface area (Å²) in [6, 6.07) is 10.6. The molecule has 0 spiro atoms. The van der Waals surface area contributed by atoms with E-state index in [1.54, 1.807) is 0 Å². The number of pyridine rings is 1. The molecule has 1 aromatic heterocycles. The Morgan fingerprint density at radius 2 is 2.00 bits per heavy atom. The van der Waals surface area contributed by atoms with Crippen LogP contribution in [0, 0.1) is 18.5 Å². The van der Waals surface area contributed by atoms with Gasteiger partial charge in [-0.2, -0.15) is 0 Å². The molecule has 0 fully saturated rings. The van der Waals surface area contributed by atoms with E-state index in [4.69, 9.17) is 18.0 Å². The van der Waals surface area contributed by atoms with Crippen molar-refractivity contribution in [2.24, 2.45) is 5.73 Å². The zero-order valence-electron chi connectivity index (χ0n) is 13.6. The van der Waals surface area contributed by atoms with Crippen LogP contribution in [0.4, 0.5) is 0 Å². The SMILES string of the molecule is Cc1cc(C)n(C[NH+]2CCc3ccccc3C2)c(=S)c1C(N)=O. The van der Waals surface area contributed by atoms with Gasteiger partial charge in [0.1, 0.15) is 11.2 Å². The molecule has 1 atom stereocenters. The highest BCUT2D eigenvalue weighted by atomic mass is 32.1. The lowest BCUT2D eigenvalue weighted by Crippen LogP contribution is -3.11. The maximum Gasteiger partial charge on any atom is 0.251 e. The first kappa shape index (κ1) is 15.9. The van der Waals surface area contributed by atoms with Crippen molar-refractivity contribution >= 4 is 18.1 Å². The number of hydrogen-bond acceptors (Lipinski definition) is 2. The number of rotatable bonds is 3. The summed E-state index contributed by atoms with van der Waals surface area (Å²) < 4.78 is 2.60. The Hall–Kier alpha value is -1.98. The predicted molar refractivity (Wildman–Crippen MR) is 92.9 cm³/mol.